The molecule has 0 saturated carbocycles. The Morgan fingerprint density at radius 3 is 3.13 bits per heavy atom. The lowest BCUT2D eigenvalue weighted by atomic mass is 10.4. The van der Waals surface area contributed by atoms with E-state index in [4.69, 9.17) is 10.5 Å². The number of hydrogen-bond donors (Lipinski definition) is 2. The second kappa shape index (κ2) is 4.09. The molecule has 3 N–H and O–H groups in total. The van der Waals surface area contributed by atoms with E-state index in [-0.39, 0.29) is 0 Å². The Morgan fingerprint density at radius 2 is 2.47 bits per heavy atom. The summed E-state index contributed by atoms with van der Waals surface area (Å²) in [6, 6.07) is 1.72. The smallest absolute Gasteiger partial charge is 0.181 e. The Hall–Kier alpha value is -1.89. The third-order valence-corrected chi connectivity index (χ3v) is 1.99. The summed E-state index contributed by atoms with van der Waals surface area (Å²) in [5.74, 6) is 1.14. The highest BCUT2D eigenvalue weighted by Gasteiger charge is 2.09. The average Bonchev–Trinajstić information content (AvgIpc) is 2.82. The maximum absolute atomic E-state index is 5.51. The van der Waals surface area contributed by atoms with E-state index in [1.807, 2.05) is 4.57 Å². The molecule has 0 aliphatic rings. The van der Waals surface area contributed by atoms with E-state index < -0.39 is 0 Å². The molecule has 0 bridgehead atoms. The van der Waals surface area contributed by atoms with Crippen LogP contribution in [0.5, 0.6) is 0 Å². The minimum atomic E-state index is 0.436. The molecule has 15 heavy (non-hydrogen) atoms. The third-order valence-electron chi connectivity index (χ3n) is 1.99. The molecule has 0 spiro atoms. The predicted molar refractivity (Wildman–Crippen MR) is 53.9 cm³/mol. The van der Waals surface area contributed by atoms with Crippen molar-refractivity contribution in [3.05, 3.63) is 12.4 Å². The zero-order chi connectivity index (χ0) is 10.7. The maximum atomic E-state index is 5.51. The Morgan fingerprint density at radius 1 is 1.60 bits per heavy atom. The highest BCUT2D eigenvalue weighted by atomic mass is 16.5. The lowest BCUT2D eigenvalue weighted by Gasteiger charge is -2.03. The van der Waals surface area contributed by atoms with Gasteiger partial charge in [-0.2, -0.15) is 5.10 Å². The van der Waals surface area contributed by atoms with Gasteiger partial charge in [-0.05, 0) is 0 Å². The van der Waals surface area contributed by atoms with Crippen molar-refractivity contribution < 1.29 is 4.74 Å². The van der Waals surface area contributed by atoms with Crippen molar-refractivity contribution in [1.29, 1.82) is 0 Å². The molecule has 2 rings (SSSR count). The highest BCUT2D eigenvalue weighted by Crippen LogP contribution is 2.15. The van der Waals surface area contributed by atoms with E-state index in [0.717, 1.165) is 5.69 Å². The number of aromatic nitrogens is 5. The monoisotopic (exact) mass is 208 g/mol. The van der Waals surface area contributed by atoms with Crippen molar-refractivity contribution in [1.82, 2.24) is 25.0 Å². The number of aromatic amines is 1. The molecule has 0 unspecified atom stereocenters. The zero-order valence-electron chi connectivity index (χ0n) is 8.34. The van der Waals surface area contributed by atoms with E-state index in [1.54, 1.807) is 19.5 Å². The van der Waals surface area contributed by atoms with Crippen molar-refractivity contribution in [2.45, 2.75) is 6.54 Å². The fraction of sp³-hybridized carbons (Fsp3) is 0.375. The molecule has 0 aliphatic carbocycles. The first-order valence-electron chi connectivity index (χ1n) is 4.49. The van der Waals surface area contributed by atoms with Crippen LogP contribution in [0, 0.1) is 0 Å². The lowest BCUT2D eigenvalue weighted by molar-refractivity contribution is 0.187. The molecule has 2 aromatic heterocycles. The molecule has 0 amide bonds. The van der Waals surface area contributed by atoms with Crippen LogP contribution in [-0.2, 0) is 11.3 Å². The van der Waals surface area contributed by atoms with Gasteiger partial charge in [-0.3, -0.25) is 5.10 Å². The van der Waals surface area contributed by atoms with Crippen molar-refractivity contribution in [3.8, 4) is 11.5 Å². The molecule has 2 heterocycles. The summed E-state index contributed by atoms with van der Waals surface area (Å²) in [4.78, 5) is 0. The van der Waals surface area contributed by atoms with E-state index in [9.17, 15) is 0 Å². The molecule has 0 aliphatic heterocycles. The quantitative estimate of drug-likeness (QED) is 0.731. The van der Waals surface area contributed by atoms with Crippen LogP contribution in [0.15, 0.2) is 12.4 Å². The molecule has 0 aromatic carbocycles. The lowest BCUT2D eigenvalue weighted by Crippen LogP contribution is -2.05. The average molecular weight is 208 g/mol. The largest absolute Gasteiger partial charge is 0.383 e. The molecule has 0 saturated heterocycles. The van der Waals surface area contributed by atoms with Crippen LogP contribution in [0.3, 0.4) is 0 Å². The Balaban J connectivity index is 2.24. The van der Waals surface area contributed by atoms with Gasteiger partial charge in [0.2, 0.25) is 0 Å². The normalized spacial score (nSPS) is 10.7. The number of nitrogens with two attached hydrogens (primary N) is 1. The number of rotatable bonds is 4. The third kappa shape index (κ3) is 1.96. The predicted octanol–water partition coefficient (Wildman–Crippen LogP) is -0.103. The fourth-order valence-electron chi connectivity index (χ4n) is 1.27. The van der Waals surface area contributed by atoms with E-state index in [0.29, 0.717) is 24.8 Å². The van der Waals surface area contributed by atoms with Crippen LogP contribution in [0.25, 0.3) is 11.5 Å². The number of methoxy groups -OCH3 is 1. The first kappa shape index (κ1) is 9.66. The van der Waals surface area contributed by atoms with Gasteiger partial charge in [-0.15, -0.1) is 10.2 Å². The molecule has 2 aromatic rings. The van der Waals surface area contributed by atoms with Gasteiger partial charge in [0, 0.05) is 19.7 Å². The first-order valence-corrected chi connectivity index (χ1v) is 4.49. The highest BCUT2D eigenvalue weighted by molar-refractivity contribution is 5.53. The maximum Gasteiger partial charge on any atom is 0.181 e. The number of nitrogens with zero attached hydrogens (tertiary/aromatic N) is 4. The Bertz CT molecular complexity index is 434. The van der Waals surface area contributed by atoms with Crippen LogP contribution in [0.1, 0.15) is 0 Å². The first-order chi connectivity index (χ1) is 7.31. The van der Waals surface area contributed by atoms with Crippen LogP contribution in [0.2, 0.25) is 0 Å². The van der Waals surface area contributed by atoms with Gasteiger partial charge >= 0.3 is 0 Å². The minimum Gasteiger partial charge on any atom is -0.383 e. The minimum absolute atomic E-state index is 0.436. The Kier molecular flexibility index (Phi) is 2.64. The molecule has 0 fully saturated rings. The topological polar surface area (TPSA) is 94.6 Å². The van der Waals surface area contributed by atoms with Gasteiger partial charge in [-0.25, -0.2) is 0 Å². The second-order valence-electron chi connectivity index (χ2n) is 3.05. The van der Waals surface area contributed by atoms with Gasteiger partial charge in [0.1, 0.15) is 17.8 Å². The summed E-state index contributed by atoms with van der Waals surface area (Å²) in [6.07, 6.45) is 1.64. The zero-order valence-corrected chi connectivity index (χ0v) is 8.34. The number of nitrogen functional groups attached to an aromatic ring is 1. The molecular formula is C8H12N6O. The van der Waals surface area contributed by atoms with Crippen molar-refractivity contribution in [2.75, 3.05) is 19.5 Å². The summed E-state index contributed by atoms with van der Waals surface area (Å²) >= 11 is 0. The van der Waals surface area contributed by atoms with Crippen LogP contribution < -0.4 is 5.73 Å². The van der Waals surface area contributed by atoms with Crippen LogP contribution >= 0.6 is 0 Å². The van der Waals surface area contributed by atoms with E-state index >= 15 is 0 Å². The number of H-pyrrole nitrogens is 1. The number of hydrogen-bond acceptors (Lipinski definition) is 5. The second-order valence-corrected chi connectivity index (χ2v) is 3.05. The van der Waals surface area contributed by atoms with Gasteiger partial charge in [0.05, 0.1) is 6.61 Å². The molecule has 80 valence electrons. The fourth-order valence-corrected chi connectivity index (χ4v) is 1.27. The van der Waals surface area contributed by atoms with Gasteiger partial charge in [0.25, 0.3) is 0 Å². The molecule has 0 radical (unpaired) electrons. The van der Waals surface area contributed by atoms with Crippen LogP contribution in [-0.4, -0.2) is 38.7 Å². The van der Waals surface area contributed by atoms with Crippen LogP contribution in [0.4, 0.5) is 5.82 Å². The van der Waals surface area contributed by atoms with Crippen molar-refractivity contribution in [2.24, 2.45) is 0 Å². The summed E-state index contributed by atoms with van der Waals surface area (Å²) in [6.45, 7) is 1.30. The summed E-state index contributed by atoms with van der Waals surface area (Å²) in [5, 5.41) is 14.4. The molecule has 7 nitrogen and oxygen atoms in total. The molecule has 7 heteroatoms. The summed E-state index contributed by atoms with van der Waals surface area (Å²) < 4.78 is 6.86. The van der Waals surface area contributed by atoms with E-state index in [2.05, 4.69) is 20.4 Å². The van der Waals surface area contributed by atoms with E-state index in [1.165, 1.54) is 0 Å². The summed E-state index contributed by atoms with van der Waals surface area (Å²) in [5.41, 5.74) is 6.26. The standard InChI is InChI=1S/C8H12N6O/c1-15-3-2-14-5-10-13-8(14)6-4-7(9)12-11-6/h4-5H,2-3H2,1H3,(H3,9,11,12). The van der Waals surface area contributed by atoms with Crippen molar-refractivity contribution in [3.63, 3.8) is 0 Å². The number of ether oxygens (including phenoxy) is 1. The Labute approximate surface area is 86.3 Å². The van der Waals surface area contributed by atoms with Gasteiger partial charge in [0.15, 0.2) is 5.82 Å². The van der Waals surface area contributed by atoms with Gasteiger partial charge in [-0.1, -0.05) is 0 Å². The van der Waals surface area contributed by atoms with Gasteiger partial charge < -0.3 is 15.0 Å². The summed E-state index contributed by atoms with van der Waals surface area (Å²) in [7, 11) is 1.65. The van der Waals surface area contributed by atoms with Crippen molar-refractivity contribution >= 4 is 5.82 Å². The number of anilines is 1. The molecular weight excluding hydrogens is 196 g/mol. The number of nitrogens with one attached hydrogen (secondary N) is 1. The SMILES string of the molecule is COCCn1cnnc1-c1cc(N)n[nH]1. The molecule has 0 atom stereocenters.